The maximum Gasteiger partial charge on any atom is 0.229 e. The predicted molar refractivity (Wildman–Crippen MR) is 103 cm³/mol. The standard InChI is InChI=1S/C21H30O8/c1-9-11(5-6-22)10(2)18(12-7-21(3,4)19(27)14(9)12)29-20-17(26)16(25)15(24)13(8-23)28-20/h13,15-17,20,22-26H,5-8H2,1-4H3. The normalized spacial score (nSPS) is 31.1. The van der Waals surface area contributed by atoms with E-state index in [0.29, 0.717) is 29.7 Å². The molecule has 1 fully saturated rings. The van der Waals surface area contributed by atoms with Gasteiger partial charge in [0.2, 0.25) is 6.29 Å². The molecule has 5 unspecified atom stereocenters. The van der Waals surface area contributed by atoms with E-state index in [1.54, 1.807) is 0 Å². The lowest BCUT2D eigenvalue weighted by Gasteiger charge is -2.40. The van der Waals surface area contributed by atoms with Crippen LogP contribution in [0.5, 0.6) is 5.75 Å². The van der Waals surface area contributed by atoms with Crippen LogP contribution >= 0.6 is 0 Å². The monoisotopic (exact) mass is 410 g/mol. The van der Waals surface area contributed by atoms with Crippen LogP contribution in [-0.4, -0.2) is 75.2 Å². The summed E-state index contributed by atoms with van der Waals surface area (Å²) in [5, 5.41) is 49.3. The van der Waals surface area contributed by atoms with Crippen LogP contribution in [0.1, 0.15) is 46.5 Å². The lowest BCUT2D eigenvalue weighted by molar-refractivity contribution is -0.277. The number of carbonyl (C=O) groups is 1. The second-order valence-electron chi connectivity index (χ2n) is 8.59. The topological polar surface area (TPSA) is 137 Å². The zero-order chi connectivity index (χ0) is 21.7. The maximum absolute atomic E-state index is 13.0. The summed E-state index contributed by atoms with van der Waals surface area (Å²) in [5.74, 6) is 0.361. The van der Waals surface area contributed by atoms with Gasteiger partial charge < -0.3 is 35.0 Å². The molecule has 0 spiro atoms. The third-order valence-corrected chi connectivity index (χ3v) is 6.10. The Hall–Kier alpha value is -1.55. The Morgan fingerprint density at radius 2 is 1.72 bits per heavy atom. The van der Waals surface area contributed by atoms with Gasteiger partial charge >= 0.3 is 0 Å². The molecule has 5 N–H and O–H groups in total. The van der Waals surface area contributed by atoms with E-state index in [2.05, 4.69) is 0 Å². The lowest BCUT2D eigenvalue weighted by Crippen LogP contribution is -2.60. The molecular weight excluding hydrogens is 380 g/mol. The molecular formula is C21H30O8. The van der Waals surface area contributed by atoms with E-state index in [-0.39, 0.29) is 12.4 Å². The first-order chi connectivity index (χ1) is 13.5. The van der Waals surface area contributed by atoms with Gasteiger partial charge in [-0.2, -0.15) is 0 Å². The Labute approximate surface area is 169 Å². The molecule has 1 saturated heterocycles. The summed E-state index contributed by atoms with van der Waals surface area (Å²) >= 11 is 0. The van der Waals surface area contributed by atoms with Crippen molar-refractivity contribution in [3.05, 3.63) is 27.8 Å². The molecule has 0 radical (unpaired) electrons. The van der Waals surface area contributed by atoms with Crippen LogP contribution in [0.3, 0.4) is 0 Å². The SMILES string of the molecule is Cc1c(CCO)c(C)c2c(c1OC1OC(CO)C(O)C(O)C1O)CC(C)(C)C2=O. The summed E-state index contributed by atoms with van der Waals surface area (Å²) < 4.78 is 11.5. The Morgan fingerprint density at radius 1 is 1.07 bits per heavy atom. The number of hydrogen-bond acceptors (Lipinski definition) is 8. The molecule has 5 atom stereocenters. The van der Waals surface area contributed by atoms with Gasteiger partial charge in [-0.05, 0) is 43.4 Å². The van der Waals surface area contributed by atoms with Crippen molar-refractivity contribution in [2.24, 2.45) is 5.41 Å². The highest BCUT2D eigenvalue weighted by molar-refractivity contribution is 6.06. The van der Waals surface area contributed by atoms with Crippen molar-refractivity contribution in [2.75, 3.05) is 13.2 Å². The van der Waals surface area contributed by atoms with E-state index >= 15 is 0 Å². The van der Waals surface area contributed by atoms with Gasteiger partial charge in [-0.3, -0.25) is 4.79 Å². The lowest BCUT2D eigenvalue weighted by atomic mass is 9.88. The average molecular weight is 410 g/mol. The smallest absolute Gasteiger partial charge is 0.229 e. The number of hydrogen-bond donors (Lipinski definition) is 5. The van der Waals surface area contributed by atoms with Crippen LogP contribution in [0.4, 0.5) is 0 Å². The number of aliphatic hydroxyl groups is 5. The summed E-state index contributed by atoms with van der Waals surface area (Å²) in [6.07, 6.45) is -6.23. The van der Waals surface area contributed by atoms with Crippen molar-refractivity contribution in [1.29, 1.82) is 0 Å². The Balaban J connectivity index is 2.08. The molecule has 1 aliphatic heterocycles. The highest BCUT2D eigenvalue weighted by Gasteiger charge is 2.47. The second-order valence-corrected chi connectivity index (χ2v) is 8.59. The number of carbonyl (C=O) groups excluding carboxylic acids is 1. The number of rotatable bonds is 5. The van der Waals surface area contributed by atoms with Gasteiger partial charge in [0.05, 0.1) is 6.61 Å². The fraction of sp³-hybridized carbons (Fsp3) is 0.667. The third-order valence-electron chi connectivity index (χ3n) is 6.10. The number of benzene rings is 1. The molecule has 1 aromatic carbocycles. The van der Waals surface area contributed by atoms with Crippen LogP contribution in [0.15, 0.2) is 0 Å². The zero-order valence-electron chi connectivity index (χ0n) is 17.2. The van der Waals surface area contributed by atoms with Gasteiger partial charge in [-0.15, -0.1) is 0 Å². The fourth-order valence-corrected chi connectivity index (χ4v) is 4.40. The first-order valence-corrected chi connectivity index (χ1v) is 9.82. The molecule has 0 saturated carbocycles. The van der Waals surface area contributed by atoms with Gasteiger partial charge in [0.15, 0.2) is 5.78 Å². The summed E-state index contributed by atoms with van der Waals surface area (Å²) in [7, 11) is 0. The largest absolute Gasteiger partial charge is 0.461 e. The summed E-state index contributed by atoms with van der Waals surface area (Å²) in [4.78, 5) is 13.0. The van der Waals surface area contributed by atoms with E-state index in [1.165, 1.54) is 0 Å². The Morgan fingerprint density at radius 3 is 2.31 bits per heavy atom. The molecule has 0 bridgehead atoms. The van der Waals surface area contributed by atoms with Crippen molar-refractivity contribution < 1.29 is 39.8 Å². The van der Waals surface area contributed by atoms with Crippen LogP contribution in [0.2, 0.25) is 0 Å². The molecule has 2 aliphatic rings. The van der Waals surface area contributed by atoms with Gasteiger partial charge in [0.25, 0.3) is 0 Å². The second kappa shape index (κ2) is 7.94. The highest BCUT2D eigenvalue weighted by Crippen LogP contribution is 2.46. The molecule has 1 aromatic rings. The summed E-state index contributed by atoms with van der Waals surface area (Å²) in [5.41, 5.74) is 2.96. The molecule has 0 amide bonds. The van der Waals surface area contributed by atoms with Crippen LogP contribution in [-0.2, 0) is 17.6 Å². The number of ketones is 1. The van der Waals surface area contributed by atoms with E-state index in [9.17, 15) is 30.3 Å². The van der Waals surface area contributed by atoms with E-state index in [1.807, 2.05) is 27.7 Å². The van der Waals surface area contributed by atoms with Crippen LogP contribution < -0.4 is 4.74 Å². The number of ether oxygens (including phenoxy) is 2. The summed E-state index contributed by atoms with van der Waals surface area (Å²) in [6.45, 7) is 6.72. The van der Waals surface area contributed by atoms with Crippen molar-refractivity contribution in [3.63, 3.8) is 0 Å². The maximum atomic E-state index is 13.0. The van der Waals surface area contributed by atoms with Crippen molar-refractivity contribution in [2.45, 2.75) is 71.2 Å². The van der Waals surface area contributed by atoms with Gasteiger partial charge in [0.1, 0.15) is 30.2 Å². The van der Waals surface area contributed by atoms with Crippen LogP contribution in [0.25, 0.3) is 0 Å². The van der Waals surface area contributed by atoms with Crippen LogP contribution in [0, 0.1) is 19.3 Å². The molecule has 8 heteroatoms. The summed E-state index contributed by atoms with van der Waals surface area (Å²) in [6, 6.07) is 0. The zero-order valence-corrected chi connectivity index (χ0v) is 17.2. The molecule has 8 nitrogen and oxygen atoms in total. The van der Waals surface area contributed by atoms with E-state index in [0.717, 1.165) is 16.7 Å². The van der Waals surface area contributed by atoms with Crippen molar-refractivity contribution in [3.8, 4) is 5.75 Å². The molecule has 1 aliphatic carbocycles. The first kappa shape index (κ1) is 22.1. The van der Waals surface area contributed by atoms with E-state index in [4.69, 9.17) is 9.47 Å². The predicted octanol–water partition coefficient (Wildman–Crippen LogP) is -0.218. The van der Waals surface area contributed by atoms with Crippen molar-refractivity contribution in [1.82, 2.24) is 0 Å². The average Bonchev–Trinajstić information content (AvgIpc) is 2.91. The van der Waals surface area contributed by atoms with Gasteiger partial charge in [-0.1, -0.05) is 13.8 Å². The number of Topliss-reactive ketones (excluding diaryl/α,β-unsaturated/α-hetero) is 1. The number of fused-ring (bicyclic) bond motifs is 1. The minimum atomic E-state index is -1.56. The fourth-order valence-electron chi connectivity index (χ4n) is 4.40. The first-order valence-electron chi connectivity index (χ1n) is 9.82. The highest BCUT2D eigenvalue weighted by atomic mass is 16.7. The molecule has 162 valence electrons. The minimum Gasteiger partial charge on any atom is -0.461 e. The molecule has 29 heavy (non-hydrogen) atoms. The van der Waals surface area contributed by atoms with Gasteiger partial charge in [-0.25, -0.2) is 0 Å². The quantitative estimate of drug-likeness (QED) is 0.450. The number of aliphatic hydroxyl groups excluding tert-OH is 5. The van der Waals surface area contributed by atoms with Crippen molar-refractivity contribution >= 4 is 5.78 Å². The molecule has 3 rings (SSSR count). The third kappa shape index (κ3) is 3.58. The Bertz CT molecular complexity index is 801. The van der Waals surface area contributed by atoms with E-state index < -0.39 is 42.7 Å². The molecule has 0 aromatic heterocycles. The Kier molecular flexibility index (Phi) is 6.06. The molecule has 1 heterocycles. The van der Waals surface area contributed by atoms with Gasteiger partial charge in [0, 0.05) is 23.1 Å². The minimum absolute atomic E-state index is 0.0113.